The first-order valence-corrected chi connectivity index (χ1v) is 11.0. The minimum atomic E-state index is -3.96. The predicted molar refractivity (Wildman–Crippen MR) is 113 cm³/mol. The highest BCUT2D eigenvalue weighted by atomic mass is 79.9. The van der Waals surface area contributed by atoms with Crippen molar-refractivity contribution in [2.24, 2.45) is 5.14 Å². The number of rotatable bonds is 5. The first-order chi connectivity index (χ1) is 13.6. The topological polar surface area (TPSA) is 126 Å². The molecule has 0 spiro atoms. The molecule has 1 aromatic heterocycles. The molecule has 3 aromatic rings. The van der Waals surface area contributed by atoms with Crippen LogP contribution >= 0.6 is 15.9 Å². The van der Waals surface area contributed by atoms with Crippen LogP contribution in [0.3, 0.4) is 0 Å². The van der Waals surface area contributed by atoms with Crippen LogP contribution in [0.2, 0.25) is 0 Å². The van der Waals surface area contributed by atoms with Gasteiger partial charge in [0.1, 0.15) is 5.82 Å². The molecule has 8 nitrogen and oxygen atoms in total. The monoisotopic (exact) mass is 478 g/mol. The quantitative estimate of drug-likeness (QED) is 0.581. The number of fused-ring (bicyclic) bond motifs is 1. The fourth-order valence-corrected chi connectivity index (χ4v) is 3.82. The number of nitrogens with zero attached hydrogens (tertiary/aromatic N) is 2. The number of carbonyl (C=O) groups excluding carboxylic acids is 1. The molecule has 0 fully saturated rings. The number of primary sulfonamides is 1. The van der Waals surface area contributed by atoms with Crippen molar-refractivity contribution in [3.63, 3.8) is 0 Å². The van der Waals surface area contributed by atoms with Gasteiger partial charge < -0.3 is 9.88 Å². The van der Waals surface area contributed by atoms with Crippen LogP contribution in [-0.4, -0.2) is 35.2 Å². The molecule has 3 rings (SSSR count). The molecule has 3 N–H and O–H groups in total. The molecule has 0 saturated heterocycles. The van der Waals surface area contributed by atoms with Crippen LogP contribution in [0, 0.1) is 0 Å². The average molecular weight is 479 g/mol. The van der Waals surface area contributed by atoms with Crippen molar-refractivity contribution in [2.45, 2.75) is 31.3 Å². The number of sulfonamides is 1. The number of carbonyl (C=O) groups is 1. The third kappa shape index (κ3) is 4.55. The van der Waals surface area contributed by atoms with Crippen LogP contribution in [0.1, 0.15) is 30.0 Å². The predicted octanol–water partition coefficient (Wildman–Crippen LogP) is 2.38. The lowest BCUT2D eigenvalue weighted by atomic mass is 10.1. The van der Waals surface area contributed by atoms with E-state index in [-0.39, 0.29) is 28.6 Å². The molecular weight excluding hydrogens is 460 g/mol. The Labute approximate surface area is 175 Å². The van der Waals surface area contributed by atoms with Crippen molar-refractivity contribution >= 4 is 42.8 Å². The molecule has 0 aliphatic heterocycles. The fraction of sp³-hybridized carbons (Fsp3) is 0.211. The summed E-state index contributed by atoms with van der Waals surface area (Å²) in [6.45, 7) is 3.67. The van der Waals surface area contributed by atoms with Crippen molar-refractivity contribution < 1.29 is 13.2 Å². The van der Waals surface area contributed by atoms with E-state index in [2.05, 4.69) is 25.9 Å². The Hall–Kier alpha value is -2.56. The second-order valence-electron chi connectivity index (χ2n) is 6.74. The number of halogens is 1. The zero-order chi connectivity index (χ0) is 21.3. The van der Waals surface area contributed by atoms with E-state index in [0.717, 1.165) is 0 Å². The molecule has 1 heterocycles. The number of para-hydroxylation sites is 1. The van der Waals surface area contributed by atoms with Gasteiger partial charge in [0.05, 0.1) is 27.9 Å². The third-order valence-corrected chi connectivity index (χ3v) is 5.97. The van der Waals surface area contributed by atoms with Gasteiger partial charge in [0.25, 0.3) is 11.5 Å². The number of aromatic nitrogens is 2. The highest BCUT2D eigenvalue weighted by Crippen LogP contribution is 2.23. The Balaban J connectivity index is 2.01. The van der Waals surface area contributed by atoms with Crippen LogP contribution in [0.15, 0.2) is 56.6 Å². The minimum absolute atomic E-state index is 0.0443. The highest BCUT2D eigenvalue weighted by molar-refractivity contribution is 9.10. The van der Waals surface area contributed by atoms with E-state index in [9.17, 15) is 18.0 Å². The molecule has 0 radical (unpaired) electrons. The van der Waals surface area contributed by atoms with E-state index in [1.807, 2.05) is 13.8 Å². The summed E-state index contributed by atoms with van der Waals surface area (Å²) in [5.74, 6) is -0.0948. The van der Waals surface area contributed by atoms with E-state index in [4.69, 9.17) is 5.14 Å². The molecule has 0 aliphatic rings. The number of nitrogens with two attached hydrogens (primary N) is 1. The van der Waals surface area contributed by atoms with Gasteiger partial charge in [-0.05, 0) is 60.1 Å². The van der Waals surface area contributed by atoms with E-state index in [1.54, 1.807) is 24.3 Å². The zero-order valence-corrected chi connectivity index (χ0v) is 18.1. The Morgan fingerprint density at radius 1 is 1.24 bits per heavy atom. The van der Waals surface area contributed by atoms with Gasteiger partial charge in [0.15, 0.2) is 0 Å². The largest absolute Gasteiger partial charge is 0.329 e. The van der Waals surface area contributed by atoms with Crippen LogP contribution < -0.4 is 10.7 Å². The Morgan fingerprint density at radius 3 is 2.59 bits per heavy atom. The minimum Gasteiger partial charge on any atom is -0.329 e. The standard InChI is InChI=1S/C19H19BrN4O4S/c1-11(2)24(10-17-22-16-6-4-3-5-13(16)18(25)23-17)19(26)14-9-12(29(21,27)28)7-8-15(14)20/h3-9,11H,10H2,1-2H3,(H2,21,27,28)(H,22,23,25). The number of nitrogens with one attached hydrogen (secondary N) is 1. The van der Waals surface area contributed by atoms with Crippen LogP contribution in [0.5, 0.6) is 0 Å². The maximum atomic E-state index is 13.2. The lowest BCUT2D eigenvalue weighted by molar-refractivity contribution is 0.0684. The number of hydrogen-bond donors (Lipinski definition) is 2. The number of benzene rings is 2. The van der Waals surface area contributed by atoms with E-state index >= 15 is 0 Å². The zero-order valence-electron chi connectivity index (χ0n) is 15.7. The first kappa shape index (κ1) is 21.2. The molecular formula is C19H19BrN4O4S. The highest BCUT2D eigenvalue weighted by Gasteiger charge is 2.24. The Bertz CT molecular complexity index is 1250. The maximum Gasteiger partial charge on any atom is 0.258 e. The molecule has 0 aliphatic carbocycles. The SMILES string of the molecule is CC(C)N(Cc1nc2ccccc2c(=O)[nH]1)C(=O)c1cc(S(N)(=O)=O)ccc1Br. The molecule has 152 valence electrons. The molecule has 10 heteroatoms. The fourth-order valence-electron chi connectivity index (χ4n) is 2.86. The van der Waals surface area contributed by atoms with Gasteiger partial charge in [-0.1, -0.05) is 12.1 Å². The number of hydrogen-bond acceptors (Lipinski definition) is 5. The van der Waals surface area contributed by atoms with Gasteiger partial charge in [-0.3, -0.25) is 9.59 Å². The van der Waals surface area contributed by atoms with Crippen molar-refractivity contribution in [3.8, 4) is 0 Å². The Morgan fingerprint density at radius 2 is 1.93 bits per heavy atom. The lowest BCUT2D eigenvalue weighted by Gasteiger charge is -2.27. The van der Waals surface area contributed by atoms with Gasteiger partial charge in [-0.2, -0.15) is 0 Å². The Kier molecular flexibility index (Phi) is 5.87. The van der Waals surface area contributed by atoms with E-state index in [0.29, 0.717) is 21.2 Å². The lowest BCUT2D eigenvalue weighted by Crippen LogP contribution is -2.37. The van der Waals surface area contributed by atoms with Gasteiger partial charge in [-0.15, -0.1) is 0 Å². The van der Waals surface area contributed by atoms with Gasteiger partial charge in [0, 0.05) is 10.5 Å². The second-order valence-corrected chi connectivity index (χ2v) is 9.16. The molecule has 2 aromatic carbocycles. The summed E-state index contributed by atoms with van der Waals surface area (Å²) < 4.78 is 23.8. The summed E-state index contributed by atoms with van der Waals surface area (Å²) >= 11 is 3.29. The van der Waals surface area contributed by atoms with Crippen LogP contribution in [0.25, 0.3) is 10.9 Å². The summed E-state index contributed by atoms with van der Waals surface area (Å²) in [6, 6.07) is 10.7. The summed E-state index contributed by atoms with van der Waals surface area (Å²) in [7, 11) is -3.96. The van der Waals surface area contributed by atoms with Gasteiger partial charge >= 0.3 is 0 Å². The number of amides is 1. The third-order valence-electron chi connectivity index (χ3n) is 4.36. The molecule has 0 bridgehead atoms. The van der Waals surface area contributed by atoms with Crippen molar-refractivity contribution in [2.75, 3.05) is 0 Å². The van der Waals surface area contributed by atoms with E-state index in [1.165, 1.54) is 23.1 Å². The second kappa shape index (κ2) is 8.05. The van der Waals surface area contributed by atoms with Gasteiger partial charge in [-0.25, -0.2) is 18.5 Å². The van der Waals surface area contributed by atoms with Crippen LogP contribution in [-0.2, 0) is 16.6 Å². The van der Waals surface area contributed by atoms with Gasteiger partial charge in [0.2, 0.25) is 10.0 Å². The summed E-state index contributed by atoms with van der Waals surface area (Å²) in [5, 5.41) is 5.65. The molecule has 0 atom stereocenters. The molecule has 0 unspecified atom stereocenters. The average Bonchev–Trinajstić information content (AvgIpc) is 2.65. The molecule has 0 saturated carbocycles. The summed E-state index contributed by atoms with van der Waals surface area (Å²) in [6.07, 6.45) is 0. The van der Waals surface area contributed by atoms with E-state index < -0.39 is 15.9 Å². The summed E-state index contributed by atoms with van der Waals surface area (Å²) in [4.78, 5) is 34.0. The van der Waals surface area contributed by atoms with Crippen molar-refractivity contribution in [1.82, 2.24) is 14.9 Å². The molecule has 29 heavy (non-hydrogen) atoms. The summed E-state index contributed by atoms with van der Waals surface area (Å²) in [5.41, 5.74) is 0.382. The normalized spacial score (nSPS) is 11.8. The molecule has 1 amide bonds. The number of H-pyrrole nitrogens is 1. The maximum absolute atomic E-state index is 13.2. The van der Waals surface area contributed by atoms with Crippen LogP contribution in [0.4, 0.5) is 0 Å². The number of aromatic amines is 1. The smallest absolute Gasteiger partial charge is 0.258 e. The van der Waals surface area contributed by atoms with Crippen molar-refractivity contribution in [3.05, 3.63) is 68.7 Å². The van der Waals surface area contributed by atoms with Crippen molar-refractivity contribution in [1.29, 1.82) is 0 Å². The first-order valence-electron chi connectivity index (χ1n) is 8.69.